The molecule has 1 aromatic heterocycles. The third-order valence-corrected chi connectivity index (χ3v) is 4.73. The van der Waals surface area contributed by atoms with Crippen molar-refractivity contribution >= 4 is 11.9 Å². The van der Waals surface area contributed by atoms with Crippen molar-refractivity contribution in [3.05, 3.63) is 29.6 Å². The van der Waals surface area contributed by atoms with Gasteiger partial charge in [-0.25, -0.2) is 4.79 Å². The van der Waals surface area contributed by atoms with Crippen molar-refractivity contribution in [1.82, 2.24) is 9.88 Å². The van der Waals surface area contributed by atoms with Gasteiger partial charge in [-0.3, -0.25) is 9.78 Å². The molecule has 0 bridgehead atoms. The standard InChI is InChI=1S/C16H20N2O3/c19-15(13-8-7-12(10-17-13)16(20)21)18-9-3-5-11-4-1-2-6-14(11)18/h7-8,10-11,14H,1-6,9H2,(H,20,21)/t11-,14-/m1/s1. The SMILES string of the molecule is O=C(O)c1ccc(C(=O)N2CCC[C@H]3CCCC[C@H]32)nc1. The summed E-state index contributed by atoms with van der Waals surface area (Å²) in [6, 6.07) is 3.32. The first-order chi connectivity index (χ1) is 10.2. The van der Waals surface area contributed by atoms with Crippen LogP contribution in [0, 0.1) is 5.92 Å². The Morgan fingerprint density at radius 1 is 1.14 bits per heavy atom. The van der Waals surface area contributed by atoms with Crippen LogP contribution in [0.1, 0.15) is 59.4 Å². The number of amides is 1. The third kappa shape index (κ3) is 2.77. The summed E-state index contributed by atoms with van der Waals surface area (Å²) in [6.45, 7) is 0.794. The summed E-state index contributed by atoms with van der Waals surface area (Å²) in [7, 11) is 0. The number of rotatable bonds is 2. The fraction of sp³-hybridized carbons (Fsp3) is 0.562. The number of carboxylic acid groups (broad SMARTS) is 1. The minimum atomic E-state index is -1.02. The van der Waals surface area contributed by atoms with Gasteiger partial charge in [0.15, 0.2) is 0 Å². The number of pyridine rings is 1. The Morgan fingerprint density at radius 3 is 2.62 bits per heavy atom. The van der Waals surface area contributed by atoms with Crippen LogP contribution in [0.4, 0.5) is 0 Å². The van der Waals surface area contributed by atoms with Gasteiger partial charge in [0.05, 0.1) is 5.56 Å². The maximum atomic E-state index is 12.7. The highest BCUT2D eigenvalue weighted by Gasteiger charge is 2.36. The van der Waals surface area contributed by atoms with E-state index in [1.54, 1.807) is 0 Å². The van der Waals surface area contributed by atoms with Gasteiger partial charge in [-0.1, -0.05) is 12.8 Å². The van der Waals surface area contributed by atoms with Crippen LogP contribution in [0.2, 0.25) is 0 Å². The predicted octanol–water partition coefficient (Wildman–Crippen LogP) is 2.57. The van der Waals surface area contributed by atoms with Gasteiger partial charge in [0.25, 0.3) is 5.91 Å². The number of likely N-dealkylation sites (tertiary alicyclic amines) is 1. The molecule has 5 nitrogen and oxygen atoms in total. The molecule has 1 aliphatic heterocycles. The van der Waals surface area contributed by atoms with Gasteiger partial charge >= 0.3 is 5.97 Å². The highest BCUT2D eigenvalue weighted by Crippen LogP contribution is 2.35. The molecule has 0 unspecified atom stereocenters. The molecule has 21 heavy (non-hydrogen) atoms. The second kappa shape index (κ2) is 5.84. The van der Waals surface area contributed by atoms with Crippen molar-refractivity contribution in [2.24, 2.45) is 5.92 Å². The van der Waals surface area contributed by atoms with Gasteiger partial charge < -0.3 is 10.0 Å². The van der Waals surface area contributed by atoms with Gasteiger partial charge in [0, 0.05) is 18.8 Å². The van der Waals surface area contributed by atoms with Gasteiger partial charge in [-0.2, -0.15) is 0 Å². The molecule has 2 heterocycles. The number of hydrogen-bond donors (Lipinski definition) is 1. The summed E-state index contributed by atoms with van der Waals surface area (Å²) < 4.78 is 0. The summed E-state index contributed by atoms with van der Waals surface area (Å²) in [5, 5.41) is 8.88. The van der Waals surface area contributed by atoms with Crippen molar-refractivity contribution in [3.8, 4) is 0 Å². The Labute approximate surface area is 124 Å². The fourth-order valence-corrected chi connectivity index (χ4v) is 3.67. The molecular formula is C16H20N2O3. The Bertz CT molecular complexity index is 539. The topological polar surface area (TPSA) is 70.5 Å². The Morgan fingerprint density at radius 2 is 1.90 bits per heavy atom. The zero-order valence-electron chi connectivity index (χ0n) is 12.0. The van der Waals surface area contributed by atoms with E-state index in [1.165, 1.54) is 44.0 Å². The number of aromatic carboxylic acids is 1. The lowest BCUT2D eigenvalue weighted by Crippen LogP contribution is -2.49. The molecule has 1 amide bonds. The lowest BCUT2D eigenvalue weighted by Gasteiger charge is -2.44. The lowest BCUT2D eigenvalue weighted by atomic mass is 9.78. The number of carbonyl (C=O) groups excluding carboxylic acids is 1. The maximum absolute atomic E-state index is 12.7. The molecule has 2 aliphatic rings. The first-order valence-corrected chi connectivity index (χ1v) is 7.67. The number of aromatic nitrogens is 1. The number of hydrogen-bond acceptors (Lipinski definition) is 3. The van der Waals surface area contributed by atoms with Gasteiger partial charge in [0.1, 0.15) is 5.69 Å². The van der Waals surface area contributed by atoms with Crippen molar-refractivity contribution in [1.29, 1.82) is 0 Å². The summed E-state index contributed by atoms with van der Waals surface area (Å²) >= 11 is 0. The monoisotopic (exact) mass is 288 g/mol. The molecule has 1 aliphatic carbocycles. The van der Waals surface area contributed by atoms with Crippen LogP contribution in [0.15, 0.2) is 18.3 Å². The largest absolute Gasteiger partial charge is 0.478 e. The molecule has 0 spiro atoms. The molecule has 5 heteroatoms. The van der Waals surface area contributed by atoms with Crippen LogP contribution in [-0.2, 0) is 0 Å². The van der Waals surface area contributed by atoms with Crippen LogP contribution in [-0.4, -0.2) is 39.5 Å². The highest BCUT2D eigenvalue weighted by molar-refractivity contribution is 5.94. The second-order valence-corrected chi connectivity index (χ2v) is 5.99. The first kappa shape index (κ1) is 14.0. The zero-order valence-corrected chi connectivity index (χ0v) is 12.0. The molecule has 2 fully saturated rings. The quantitative estimate of drug-likeness (QED) is 0.908. The second-order valence-electron chi connectivity index (χ2n) is 5.99. The minimum absolute atomic E-state index is 0.0523. The highest BCUT2D eigenvalue weighted by atomic mass is 16.4. The molecule has 1 N–H and O–H groups in total. The maximum Gasteiger partial charge on any atom is 0.337 e. The van der Waals surface area contributed by atoms with E-state index in [4.69, 9.17) is 5.11 Å². The van der Waals surface area contributed by atoms with Crippen molar-refractivity contribution in [3.63, 3.8) is 0 Å². The van der Waals surface area contributed by atoms with Crippen LogP contribution in [0.5, 0.6) is 0 Å². The molecule has 112 valence electrons. The Hall–Kier alpha value is -1.91. The normalized spacial score (nSPS) is 25.2. The van der Waals surface area contributed by atoms with E-state index in [9.17, 15) is 9.59 Å². The molecule has 2 atom stereocenters. The molecule has 0 radical (unpaired) electrons. The number of fused-ring (bicyclic) bond motifs is 1. The van der Waals surface area contributed by atoms with E-state index < -0.39 is 5.97 Å². The first-order valence-electron chi connectivity index (χ1n) is 7.67. The smallest absolute Gasteiger partial charge is 0.337 e. The molecular weight excluding hydrogens is 268 g/mol. The molecule has 1 saturated heterocycles. The van der Waals surface area contributed by atoms with Crippen molar-refractivity contribution < 1.29 is 14.7 Å². The summed E-state index contributed by atoms with van der Waals surface area (Å²) in [5.74, 6) is -0.440. The van der Waals surface area contributed by atoms with Crippen LogP contribution >= 0.6 is 0 Å². The van der Waals surface area contributed by atoms with Crippen LogP contribution < -0.4 is 0 Å². The van der Waals surface area contributed by atoms with Gasteiger partial charge in [0.2, 0.25) is 0 Å². The number of nitrogens with zero attached hydrogens (tertiary/aromatic N) is 2. The van der Waals surface area contributed by atoms with E-state index >= 15 is 0 Å². The van der Waals surface area contributed by atoms with E-state index in [1.807, 2.05) is 4.90 Å². The number of carbonyl (C=O) groups is 2. The van der Waals surface area contributed by atoms with Crippen LogP contribution in [0.25, 0.3) is 0 Å². The lowest BCUT2D eigenvalue weighted by molar-refractivity contribution is 0.0384. The zero-order chi connectivity index (χ0) is 14.8. The van der Waals surface area contributed by atoms with E-state index in [0.29, 0.717) is 17.7 Å². The van der Waals surface area contributed by atoms with E-state index in [2.05, 4.69) is 4.98 Å². The van der Waals surface area contributed by atoms with E-state index in [0.717, 1.165) is 19.4 Å². The average Bonchev–Trinajstić information content (AvgIpc) is 2.53. The summed E-state index contributed by atoms with van der Waals surface area (Å²) in [5.41, 5.74) is 0.465. The number of carboxylic acids is 1. The molecule has 3 rings (SSSR count). The predicted molar refractivity (Wildman–Crippen MR) is 77.2 cm³/mol. The van der Waals surface area contributed by atoms with Gasteiger partial charge in [-0.05, 0) is 43.7 Å². The van der Waals surface area contributed by atoms with Crippen molar-refractivity contribution in [2.45, 2.75) is 44.6 Å². The molecule has 1 saturated carbocycles. The minimum Gasteiger partial charge on any atom is -0.478 e. The Kier molecular flexibility index (Phi) is 3.90. The molecule has 1 aromatic rings. The van der Waals surface area contributed by atoms with Gasteiger partial charge in [-0.15, -0.1) is 0 Å². The van der Waals surface area contributed by atoms with Crippen LogP contribution in [0.3, 0.4) is 0 Å². The number of piperidine rings is 1. The fourth-order valence-electron chi connectivity index (χ4n) is 3.67. The average molecular weight is 288 g/mol. The van der Waals surface area contributed by atoms with Crippen molar-refractivity contribution in [2.75, 3.05) is 6.54 Å². The van der Waals surface area contributed by atoms with E-state index in [-0.39, 0.29) is 11.5 Å². The summed E-state index contributed by atoms with van der Waals surface area (Å²) in [4.78, 5) is 29.5. The Balaban J connectivity index is 1.78. The third-order valence-electron chi connectivity index (χ3n) is 4.73. The molecule has 0 aromatic carbocycles. The summed E-state index contributed by atoms with van der Waals surface area (Å²) in [6.07, 6.45) is 8.31.